The van der Waals surface area contributed by atoms with Crippen molar-refractivity contribution in [2.75, 3.05) is 26.3 Å². The predicted octanol–water partition coefficient (Wildman–Crippen LogP) is 1.89. The first-order chi connectivity index (χ1) is 12.7. The summed E-state index contributed by atoms with van der Waals surface area (Å²) in [6.45, 7) is 4.60. The van der Waals surface area contributed by atoms with Crippen LogP contribution < -0.4 is 5.56 Å². The maximum absolute atomic E-state index is 12.7. The predicted molar refractivity (Wildman–Crippen MR) is 97.9 cm³/mol. The number of amides is 1. The van der Waals surface area contributed by atoms with E-state index in [0.717, 1.165) is 23.2 Å². The fraction of sp³-hybridized carbons (Fsp3) is 0.450. The minimum absolute atomic E-state index is 0.0325. The number of rotatable bonds is 4. The zero-order chi connectivity index (χ0) is 18.1. The molecule has 1 saturated heterocycles. The molecule has 2 atom stereocenters. The Balaban J connectivity index is 1.65. The number of pyridine rings is 2. The molecule has 6 heteroatoms. The number of hydrogen-bond acceptors (Lipinski definition) is 4. The Morgan fingerprint density at radius 1 is 1.27 bits per heavy atom. The van der Waals surface area contributed by atoms with E-state index in [1.165, 1.54) is 0 Å². The number of hydrogen-bond donors (Lipinski definition) is 0. The lowest BCUT2D eigenvalue weighted by Gasteiger charge is -2.43. The highest BCUT2D eigenvalue weighted by Gasteiger charge is 2.36. The second-order valence-corrected chi connectivity index (χ2v) is 7.09. The molecule has 1 amide bonds. The lowest BCUT2D eigenvalue weighted by atomic mass is 9.82. The number of aromatic nitrogens is 2. The van der Waals surface area contributed by atoms with Crippen molar-refractivity contribution in [3.05, 3.63) is 52.7 Å². The molecule has 1 fully saturated rings. The summed E-state index contributed by atoms with van der Waals surface area (Å²) in [4.78, 5) is 31.1. The maximum atomic E-state index is 12.7. The van der Waals surface area contributed by atoms with Gasteiger partial charge < -0.3 is 14.2 Å². The van der Waals surface area contributed by atoms with Crippen LogP contribution in [0.3, 0.4) is 0 Å². The van der Waals surface area contributed by atoms with Gasteiger partial charge in [-0.3, -0.25) is 14.6 Å². The number of carbonyl (C=O) groups is 1. The molecule has 0 radical (unpaired) electrons. The number of fused-ring (bicyclic) bond motifs is 4. The van der Waals surface area contributed by atoms with E-state index >= 15 is 0 Å². The third-order valence-electron chi connectivity index (χ3n) is 5.33. The van der Waals surface area contributed by atoms with Crippen molar-refractivity contribution in [1.82, 2.24) is 14.5 Å². The molecule has 2 aromatic rings. The maximum Gasteiger partial charge on any atom is 0.251 e. The minimum atomic E-state index is 0.0325. The first-order valence-corrected chi connectivity index (χ1v) is 9.16. The van der Waals surface area contributed by atoms with Crippen LogP contribution in [0, 0.1) is 5.92 Å². The van der Waals surface area contributed by atoms with E-state index in [1.54, 1.807) is 18.5 Å². The van der Waals surface area contributed by atoms with Crippen LogP contribution >= 0.6 is 0 Å². The van der Waals surface area contributed by atoms with Crippen LogP contribution in [0.4, 0.5) is 0 Å². The first-order valence-electron chi connectivity index (χ1n) is 9.16. The third-order valence-corrected chi connectivity index (χ3v) is 5.33. The first kappa shape index (κ1) is 17.0. The lowest BCUT2D eigenvalue weighted by Crippen LogP contribution is -2.50. The van der Waals surface area contributed by atoms with Gasteiger partial charge in [-0.05, 0) is 37.0 Å². The fourth-order valence-electron chi connectivity index (χ4n) is 4.14. The minimum Gasteiger partial charge on any atom is -0.372 e. The zero-order valence-corrected chi connectivity index (χ0v) is 14.9. The number of likely N-dealkylation sites (tertiary alicyclic amines) is 1. The van der Waals surface area contributed by atoms with E-state index < -0.39 is 0 Å². The molecule has 2 bridgehead atoms. The Morgan fingerprint density at radius 3 is 2.92 bits per heavy atom. The van der Waals surface area contributed by atoms with Gasteiger partial charge in [0.25, 0.3) is 5.56 Å². The van der Waals surface area contributed by atoms with Gasteiger partial charge in [-0.25, -0.2) is 0 Å². The summed E-state index contributed by atoms with van der Waals surface area (Å²) in [5.74, 6) is 0.562. The van der Waals surface area contributed by atoms with Crippen molar-refractivity contribution >= 4 is 5.91 Å². The summed E-state index contributed by atoms with van der Waals surface area (Å²) in [6, 6.07) is 7.62. The number of ether oxygens (including phenoxy) is 1. The van der Waals surface area contributed by atoms with Crippen molar-refractivity contribution < 1.29 is 9.53 Å². The van der Waals surface area contributed by atoms with Gasteiger partial charge in [0.1, 0.15) is 6.61 Å². The summed E-state index contributed by atoms with van der Waals surface area (Å²) in [7, 11) is 0. The Kier molecular flexibility index (Phi) is 4.59. The quantitative estimate of drug-likeness (QED) is 0.842. The molecule has 0 spiro atoms. The van der Waals surface area contributed by atoms with E-state index in [1.807, 2.05) is 28.5 Å². The molecule has 0 saturated carbocycles. The average Bonchev–Trinajstić information content (AvgIpc) is 2.67. The summed E-state index contributed by atoms with van der Waals surface area (Å²) in [5, 5.41) is 0. The van der Waals surface area contributed by atoms with Gasteiger partial charge in [0.05, 0.1) is 0 Å². The zero-order valence-electron chi connectivity index (χ0n) is 14.9. The highest BCUT2D eigenvalue weighted by Crippen LogP contribution is 2.36. The molecule has 6 nitrogen and oxygen atoms in total. The van der Waals surface area contributed by atoms with Crippen LogP contribution in [-0.2, 0) is 16.1 Å². The van der Waals surface area contributed by atoms with Crippen molar-refractivity contribution in [3.8, 4) is 11.1 Å². The Hall–Kier alpha value is -2.47. The summed E-state index contributed by atoms with van der Waals surface area (Å²) < 4.78 is 7.17. The summed E-state index contributed by atoms with van der Waals surface area (Å²) in [6.07, 6.45) is 4.52. The van der Waals surface area contributed by atoms with E-state index in [-0.39, 0.29) is 24.0 Å². The lowest BCUT2D eigenvalue weighted by molar-refractivity contribution is -0.138. The summed E-state index contributed by atoms with van der Waals surface area (Å²) >= 11 is 0. The molecule has 2 aliphatic heterocycles. The Morgan fingerprint density at radius 2 is 2.15 bits per heavy atom. The standard InChI is InChI=1S/C20H23N3O3/c1-2-26-13-20(25)22-10-14-6-17(12-22)18-7-16(8-19(24)23(18)11-14)15-4-3-5-21-9-15/h3-5,7-9,14,17H,2,6,10-13H2,1H3/t14-,17+/m0/s1. The van der Waals surface area contributed by atoms with Crippen LogP contribution in [0.25, 0.3) is 11.1 Å². The molecule has 2 aliphatic rings. The van der Waals surface area contributed by atoms with Crippen molar-refractivity contribution in [3.63, 3.8) is 0 Å². The molecule has 136 valence electrons. The fourth-order valence-corrected chi connectivity index (χ4v) is 4.14. The largest absolute Gasteiger partial charge is 0.372 e. The molecule has 4 rings (SSSR count). The highest BCUT2D eigenvalue weighted by molar-refractivity contribution is 5.77. The molecule has 2 aromatic heterocycles. The normalized spacial score (nSPS) is 21.3. The van der Waals surface area contributed by atoms with E-state index in [0.29, 0.717) is 32.2 Å². The Labute approximate surface area is 152 Å². The monoisotopic (exact) mass is 353 g/mol. The number of piperidine rings is 1. The van der Waals surface area contributed by atoms with Gasteiger partial charge in [-0.15, -0.1) is 0 Å². The SMILES string of the molecule is CCOCC(=O)N1C[C@@H]2C[C@H](C1)c1cc(-c3cccnc3)cc(=O)n1C2. The molecule has 0 aliphatic carbocycles. The van der Waals surface area contributed by atoms with Crippen molar-refractivity contribution in [1.29, 1.82) is 0 Å². The van der Waals surface area contributed by atoms with E-state index in [9.17, 15) is 9.59 Å². The average molecular weight is 353 g/mol. The molecule has 4 heterocycles. The molecule has 0 unspecified atom stereocenters. The van der Waals surface area contributed by atoms with Crippen LogP contribution in [0.2, 0.25) is 0 Å². The second kappa shape index (κ2) is 7.03. The molecule has 26 heavy (non-hydrogen) atoms. The Bertz CT molecular complexity index is 862. The van der Waals surface area contributed by atoms with Gasteiger partial charge in [-0.1, -0.05) is 6.07 Å². The highest BCUT2D eigenvalue weighted by atomic mass is 16.5. The van der Waals surface area contributed by atoms with Crippen molar-refractivity contribution in [2.24, 2.45) is 5.92 Å². The van der Waals surface area contributed by atoms with Gasteiger partial charge >= 0.3 is 0 Å². The number of nitrogens with zero attached hydrogens (tertiary/aromatic N) is 3. The van der Waals surface area contributed by atoms with E-state index in [4.69, 9.17) is 4.74 Å². The van der Waals surface area contributed by atoms with Crippen LogP contribution in [0.5, 0.6) is 0 Å². The molecule has 0 aromatic carbocycles. The van der Waals surface area contributed by atoms with Gasteiger partial charge in [-0.2, -0.15) is 0 Å². The van der Waals surface area contributed by atoms with E-state index in [2.05, 4.69) is 11.1 Å². The van der Waals surface area contributed by atoms with Gasteiger partial charge in [0, 0.05) is 61.9 Å². The third kappa shape index (κ3) is 3.17. The smallest absolute Gasteiger partial charge is 0.251 e. The van der Waals surface area contributed by atoms with Crippen LogP contribution in [0.1, 0.15) is 25.0 Å². The van der Waals surface area contributed by atoms with Crippen LogP contribution in [-0.4, -0.2) is 46.7 Å². The summed E-state index contributed by atoms with van der Waals surface area (Å²) in [5.41, 5.74) is 2.90. The van der Waals surface area contributed by atoms with Crippen molar-refractivity contribution in [2.45, 2.75) is 25.8 Å². The second-order valence-electron chi connectivity index (χ2n) is 7.09. The van der Waals surface area contributed by atoms with Gasteiger partial charge in [0.15, 0.2) is 0 Å². The van der Waals surface area contributed by atoms with Gasteiger partial charge in [0.2, 0.25) is 5.91 Å². The van der Waals surface area contributed by atoms with Crippen LogP contribution in [0.15, 0.2) is 41.5 Å². The molecule has 0 N–H and O–H groups in total. The topological polar surface area (TPSA) is 64.4 Å². The molecular weight excluding hydrogens is 330 g/mol. The number of carbonyl (C=O) groups excluding carboxylic acids is 1. The molecular formula is C20H23N3O3.